The van der Waals surface area contributed by atoms with Crippen molar-refractivity contribution in [1.29, 1.82) is 0 Å². The minimum Gasteiger partial charge on any atom is -0.459 e. The van der Waals surface area contributed by atoms with Crippen LogP contribution in [0.5, 0.6) is 0 Å². The maximum Gasteiger partial charge on any atom is 0.338 e. The zero-order chi connectivity index (χ0) is 27.9. The van der Waals surface area contributed by atoms with Crippen LogP contribution in [0, 0.1) is 11.8 Å². The molecule has 5 rings (SSSR count). The Balaban J connectivity index is 1.20. The smallest absolute Gasteiger partial charge is 0.338 e. The number of esters is 1. The van der Waals surface area contributed by atoms with E-state index in [1.54, 1.807) is 0 Å². The molecule has 4 nitrogen and oxygen atoms in total. The standard InChI is InChI=1S/C36H44O4/c1-25-8-12-27(13-9-25)29-16-20-32(21-17-29)35(37)39-24-34(31-6-4-3-5-7-31)40-36(38)33-22-18-30(19-23-33)28-14-10-26(2)11-15-28/h3-7,16-23,25-28,34,36,38H,8-15,24H2,1-2H3. The third-order valence-corrected chi connectivity index (χ3v) is 9.17. The Bertz CT molecular complexity index is 1190. The summed E-state index contributed by atoms with van der Waals surface area (Å²) < 4.78 is 11.8. The number of carbonyl (C=O) groups excluding carboxylic acids is 1. The molecule has 2 aliphatic rings. The van der Waals surface area contributed by atoms with Crippen molar-refractivity contribution in [2.75, 3.05) is 6.61 Å². The number of hydrogen-bond acceptors (Lipinski definition) is 4. The predicted molar refractivity (Wildman–Crippen MR) is 159 cm³/mol. The van der Waals surface area contributed by atoms with Gasteiger partial charge in [0.2, 0.25) is 0 Å². The highest BCUT2D eigenvalue weighted by molar-refractivity contribution is 5.89. The lowest BCUT2D eigenvalue weighted by Crippen LogP contribution is -2.18. The van der Waals surface area contributed by atoms with Crippen LogP contribution in [0.25, 0.3) is 0 Å². The zero-order valence-corrected chi connectivity index (χ0v) is 24.0. The monoisotopic (exact) mass is 540 g/mol. The van der Waals surface area contributed by atoms with Crippen LogP contribution in [0.2, 0.25) is 0 Å². The van der Waals surface area contributed by atoms with E-state index in [0.29, 0.717) is 23.0 Å². The highest BCUT2D eigenvalue weighted by Gasteiger charge is 2.24. The van der Waals surface area contributed by atoms with Crippen molar-refractivity contribution >= 4 is 5.97 Å². The molecule has 0 amide bonds. The molecular weight excluding hydrogens is 496 g/mol. The molecule has 0 heterocycles. The van der Waals surface area contributed by atoms with Gasteiger partial charge in [0.05, 0.1) is 5.56 Å². The van der Waals surface area contributed by atoms with Gasteiger partial charge in [-0.2, -0.15) is 0 Å². The number of hydrogen-bond donors (Lipinski definition) is 1. The van der Waals surface area contributed by atoms with Crippen molar-refractivity contribution in [2.45, 2.75) is 89.4 Å². The van der Waals surface area contributed by atoms with Crippen LogP contribution in [-0.4, -0.2) is 17.7 Å². The van der Waals surface area contributed by atoms with Crippen molar-refractivity contribution < 1.29 is 19.4 Å². The number of aliphatic hydroxyl groups excluding tert-OH is 1. The van der Waals surface area contributed by atoms with Gasteiger partial charge in [-0.25, -0.2) is 4.79 Å². The summed E-state index contributed by atoms with van der Waals surface area (Å²) in [5.74, 6) is 2.43. The van der Waals surface area contributed by atoms with Crippen molar-refractivity contribution in [1.82, 2.24) is 0 Å². The molecule has 0 radical (unpaired) electrons. The normalized spacial score (nSPS) is 24.7. The van der Waals surface area contributed by atoms with Crippen molar-refractivity contribution in [3.63, 3.8) is 0 Å². The molecule has 40 heavy (non-hydrogen) atoms. The Morgan fingerprint density at radius 1 is 0.700 bits per heavy atom. The first-order valence-electron chi connectivity index (χ1n) is 15.2. The molecule has 2 atom stereocenters. The largest absolute Gasteiger partial charge is 0.459 e. The predicted octanol–water partition coefficient (Wildman–Crippen LogP) is 8.88. The quantitative estimate of drug-likeness (QED) is 0.217. The van der Waals surface area contributed by atoms with Gasteiger partial charge in [0.1, 0.15) is 12.7 Å². The summed E-state index contributed by atoms with van der Waals surface area (Å²) in [7, 11) is 0. The van der Waals surface area contributed by atoms with Gasteiger partial charge in [-0.05, 0) is 78.2 Å². The topological polar surface area (TPSA) is 55.8 Å². The molecule has 3 aromatic carbocycles. The number of aliphatic hydroxyl groups is 1. The van der Waals surface area contributed by atoms with Gasteiger partial charge in [-0.3, -0.25) is 0 Å². The molecule has 0 aromatic heterocycles. The molecule has 0 aliphatic heterocycles. The fourth-order valence-electron chi connectivity index (χ4n) is 6.36. The highest BCUT2D eigenvalue weighted by Crippen LogP contribution is 2.37. The Morgan fingerprint density at radius 2 is 1.20 bits per heavy atom. The number of rotatable bonds is 9. The minimum absolute atomic E-state index is 0.0144. The number of ether oxygens (including phenoxy) is 2. The van der Waals surface area contributed by atoms with Gasteiger partial charge in [0.15, 0.2) is 6.29 Å². The summed E-state index contributed by atoms with van der Waals surface area (Å²) in [6.45, 7) is 4.68. The molecule has 212 valence electrons. The van der Waals surface area contributed by atoms with Crippen LogP contribution in [-0.2, 0) is 9.47 Å². The number of benzene rings is 3. The lowest BCUT2D eigenvalue weighted by molar-refractivity contribution is -0.153. The van der Waals surface area contributed by atoms with E-state index in [1.165, 1.54) is 62.5 Å². The minimum atomic E-state index is -1.12. The molecule has 0 spiro atoms. The van der Waals surface area contributed by atoms with Gasteiger partial charge in [-0.15, -0.1) is 0 Å². The molecule has 0 bridgehead atoms. The van der Waals surface area contributed by atoms with E-state index in [9.17, 15) is 9.90 Å². The second-order valence-electron chi connectivity index (χ2n) is 12.2. The summed E-state index contributed by atoms with van der Waals surface area (Å²) in [6, 6.07) is 25.7. The lowest BCUT2D eigenvalue weighted by Gasteiger charge is -2.27. The maximum atomic E-state index is 12.9. The fourth-order valence-corrected chi connectivity index (χ4v) is 6.36. The van der Waals surface area contributed by atoms with Crippen LogP contribution in [0.1, 0.15) is 122 Å². The van der Waals surface area contributed by atoms with E-state index in [2.05, 4.69) is 38.1 Å². The average Bonchev–Trinajstić information content (AvgIpc) is 3.00. The second-order valence-corrected chi connectivity index (χ2v) is 12.2. The van der Waals surface area contributed by atoms with E-state index in [0.717, 1.165) is 17.4 Å². The van der Waals surface area contributed by atoms with E-state index in [1.807, 2.05) is 54.6 Å². The Morgan fingerprint density at radius 3 is 1.73 bits per heavy atom. The van der Waals surface area contributed by atoms with Crippen molar-refractivity contribution in [2.24, 2.45) is 11.8 Å². The van der Waals surface area contributed by atoms with Gasteiger partial charge in [-0.1, -0.05) is 106 Å². The lowest BCUT2D eigenvalue weighted by atomic mass is 9.79. The Kier molecular flexibility index (Phi) is 9.72. The van der Waals surface area contributed by atoms with E-state index in [-0.39, 0.29) is 12.6 Å². The molecule has 3 aromatic rings. The summed E-state index contributed by atoms with van der Waals surface area (Å²) >= 11 is 0. The van der Waals surface area contributed by atoms with Crippen LogP contribution < -0.4 is 0 Å². The molecule has 2 saturated carbocycles. The van der Waals surface area contributed by atoms with Crippen LogP contribution in [0.4, 0.5) is 0 Å². The van der Waals surface area contributed by atoms with Crippen LogP contribution in [0.3, 0.4) is 0 Å². The van der Waals surface area contributed by atoms with Gasteiger partial charge in [0, 0.05) is 5.56 Å². The molecule has 2 fully saturated rings. The third kappa shape index (κ3) is 7.41. The van der Waals surface area contributed by atoms with Gasteiger partial charge in [0.25, 0.3) is 0 Å². The van der Waals surface area contributed by atoms with E-state index >= 15 is 0 Å². The van der Waals surface area contributed by atoms with E-state index in [4.69, 9.17) is 9.47 Å². The maximum absolute atomic E-state index is 12.9. The van der Waals surface area contributed by atoms with Gasteiger partial charge >= 0.3 is 5.97 Å². The zero-order valence-electron chi connectivity index (χ0n) is 24.0. The number of carbonyl (C=O) groups is 1. The fraction of sp³-hybridized carbons (Fsp3) is 0.472. The second kappa shape index (κ2) is 13.6. The molecule has 0 saturated heterocycles. The van der Waals surface area contributed by atoms with Crippen molar-refractivity contribution in [3.05, 3.63) is 107 Å². The molecule has 1 N–H and O–H groups in total. The van der Waals surface area contributed by atoms with Crippen LogP contribution >= 0.6 is 0 Å². The van der Waals surface area contributed by atoms with E-state index < -0.39 is 12.4 Å². The first kappa shape index (κ1) is 28.6. The molecule has 4 heteroatoms. The SMILES string of the molecule is CC1CCC(c2ccc(C(=O)OCC(OC(O)c3ccc(C4CCC(C)CC4)cc3)c3ccccc3)cc2)CC1. The first-order valence-corrected chi connectivity index (χ1v) is 15.2. The first-order chi connectivity index (χ1) is 19.5. The summed E-state index contributed by atoms with van der Waals surface area (Å²) in [6.07, 6.45) is 8.26. The molecular formula is C36H44O4. The third-order valence-electron chi connectivity index (χ3n) is 9.17. The summed E-state index contributed by atoms with van der Waals surface area (Å²) in [5, 5.41) is 11.0. The Hall–Kier alpha value is -2.95. The summed E-state index contributed by atoms with van der Waals surface area (Å²) in [4.78, 5) is 12.9. The Labute approximate surface area is 239 Å². The van der Waals surface area contributed by atoms with Crippen LogP contribution in [0.15, 0.2) is 78.9 Å². The van der Waals surface area contributed by atoms with Gasteiger partial charge < -0.3 is 14.6 Å². The van der Waals surface area contributed by atoms with Crippen molar-refractivity contribution in [3.8, 4) is 0 Å². The molecule has 2 unspecified atom stereocenters. The average molecular weight is 541 g/mol. The summed E-state index contributed by atoms with van der Waals surface area (Å²) in [5.41, 5.74) is 4.73. The molecule has 2 aliphatic carbocycles. The highest BCUT2D eigenvalue weighted by atomic mass is 16.6.